The second-order valence-corrected chi connectivity index (χ2v) is 6.14. The summed E-state index contributed by atoms with van der Waals surface area (Å²) in [6.45, 7) is 2.28. The van der Waals surface area contributed by atoms with E-state index in [1.54, 1.807) is 18.2 Å². The van der Waals surface area contributed by atoms with E-state index in [0.29, 0.717) is 11.1 Å². The molecule has 14 nitrogen and oxygen atoms in total. The second kappa shape index (κ2) is 12.6. The quantitative estimate of drug-likeness (QED) is 0.177. The first-order valence-corrected chi connectivity index (χ1v) is 9.35. The molecule has 0 aromatic heterocycles. The van der Waals surface area contributed by atoms with Gasteiger partial charge in [0.05, 0.1) is 13.2 Å². The van der Waals surface area contributed by atoms with Gasteiger partial charge in [-0.25, -0.2) is 9.59 Å². The Labute approximate surface area is 181 Å². The average Bonchev–Trinajstić information content (AvgIpc) is 2.71. The fourth-order valence-corrected chi connectivity index (χ4v) is 2.44. The number of nitrogens with one attached hydrogen (secondary N) is 2. The number of hydrogen-bond acceptors (Lipinski definition) is 10. The van der Waals surface area contributed by atoms with Gasteiger partial charge in [-0.05, 0) is 25.0 Å². The van der Waals surface area contributed by atoms with Crippen LogP contribution in [0.25, 0.3) is 0 Å². The SMILES string of the molecule is CCOC(=O)C(C(=O)NCc1cccc(CNC(=O)C(C(=O)OCC)[N+](=O)[O-])c1)[N+](=O)[O-]. The van der Waals surface area contributed by atoms with E-state index in [2.05, 4.69) is 20.1 Å². The van der Waals surface area contributed by atoms with E-state index in [9.17, 15) is 39.4 Å². The summed E-state index contributed by atoms with van der Waals surface area (Å²) in [5.74, 6) is -4.88. The highest BCUT2D eigenvalue weighted by atomic mass is 16.6. The van der Waals surface area contributed by atoms with Crippen molar-refractivity contribution in [3.8, 4) is 0 Å². The van der Waals surface area contributed by atoms with Crippen LogP contribution in [-0.2, 0) is 41.7 Å². The fourth-order valence-electron chi connectivity index (χ4n) is 2.44. The molecule has 0 radical (unpaired) electrons. The third-order valence-corrected chi connectivity index (χ3v) is 3.86. The number of benzene rings is 1. The highest BCUT2D eigenvalue weighted by Crippen LogP contribution is 2.07. The third kappa shape index (κ3) is 7.62. The van der Waals surface area contributed by atoms with Gasteiger partial charge >= 0.3 is 35.8 Å². The Morgan fingerprint density at radius 1 is 0.844 bits per heavy atom. The molecule has 0 bridgehead atoms. The lowest BCUT2D eigenvalue weighted by atomic mass is 10.1. The molecule has 0 fully saturated rings. The van der Waals surface area contributed by atoms with Gasteiger partial charge < -0.3 is 20.1 Å². The Morgan fingerprint density at radius 2 is 1.22 bits per heavy atom. The van der Waals surface area contributed by atoms with Crippen molar-refractivity contribution in [2.24, 2.45) is 0 Å². The van der Waals surface area contributed by atoms with Crippen LogP contribution >= 0.6 is 0 Å². The van der Waals surface area contributed by atoms with Crippen molar-refractivity contribution >= 4 is 23.8 Å². The van der Waals surface area contributed by atoms with E-state index in [4.69, 9.17) is 0 Å². The smallest absolute Gasteiger partial charge is 0.392 e. The van der Waals surface area contributed by atoms with Crippen molar-refractivity contribution in [2.75, 3.05) is 13.2 Å². The zero-order valence-electron chi connectivity index (χ0n) is 17.3. The van der Waals surface area contributed by atoms with Crippen molar-refractivity contribution in [2.45, 2.75) is 39.0 Å². The third-order valence-electron chi connectivity index (χ3n) is 3.86. The van der Waals surface area contributed by atoms with Gasteiger partial charge in [-0.3, -0.25) is 29.8 Å². The molecule has 0 aliphatic rings. The van der Waals surface area contributed by atoms with Crippen molar-refractivity contribution < 1.29 is 38.5 Å². The summed E-state index contributed by atoms with van der Waals surface area (Å²) in [4.78, 5) is 67.0. The van der Waals surface area contributed by atoms with Crippen molar-refractivity contribution in [3.63, 3.8) is 0 Å². The molecule has 0 heterocycles. The highest BCUT2D eigenvalue weighted by Gasteiger charge is 2.40. The molecule has 2 atom stereocenters. The Kier molecular flexibility index (Phi) is 10.2. The second-order valence-electron chi connectivity index (χ2n) is 6.14. The minimum atomic E-state index is -2.21. The molecule has 0 saturated carbocycles. The predicted octanol–water partition coefficient (Wildman–Crippen LogP) is -0.664. The molecular weight excluding hydrogens is 432 g/mol. The first-order chi connectivity index (χ1) is 15.1. The molecule has 2 N–H and O–H groups in total. The minimum absolute atomic E-state index is 0.127. The van der Waals surface area contributed by atoms with Crippen LogP contribution < -0.4 is 10.6 Å². The van der Waals surface area contributed by atoms with E-state index in [1.165, 1.54) is 19.9 Å². The summed E-state index contributed by atoms with van der Waals surface area (Å²) in [5.41, 5.74) is 0.930. The molecule has 0 aliphatic heterocycles. The molecule has 1 aromatic rings. The fraction of sp³-hybridized carbons (Fsp3) is 0.444. The van der Waals surface area contributed by atoms with Crippen LogP contribution in [0.1, 0.15) is 25.0 Å². The monoisotopic (exact) mass is 454 g/mol. The maximum Gasteiger partial charge on any atom is 0.392 e. The van der Waals surface area contributed by atoms with E-state index >= 15 is 0 Å². The lowest BCUT2D eigenvalue weighted by Crippen LogP contribution is -2.45. The zero-order valence-corrected chi connectivity index (χ0v) is 17.3. The lowest BCUT2D eigenvalue weighted by molar-refractivity contribution is -0.496. The van der Waals surface area contributed by atoms with Crippen LogP contribution in [-0.4, -0.2) is 58.9 Å². The van der Waals surface area contributed by atoms with Crippen LogP contribution in [0.3, 0.4) is 0 Å². The number of carbonyl (C=O) groups excluding carboxylic acids is 4. The van der Waals surface area contributed by atoms with E-state index < -0.39 is 45.7 Å². The number of esters is 2. The molecule has 0 aliphatic carbocycles. The molecule has 32 heavy (non-hydrogen) atoms. The van der Waals surface area contributed by atoms with Crippen LogP contribution in [0.2, 0.25) is 0 Å². The summed E-state index contributed by atoms with van der Waals surface area (Å²) in [7, 11) is 0. The van der Waals surface area contributed by atoms with Crippen LogP contribution in [0.5, 0.6) is 0 Å². The van der Waals surface area contributed by atoms with Gasteiger partial charge in [-0.15, -0.1) is 0 Å². The van der Waals surface area contributed by atoms with Gasteiger partial charge in [0.2, 0.25) is 0 Å². The molecule has 14 heteroatoms. The van der Waals surface area contributed by atoms with Gasteiger partial charge in [0.1, 0.15) is 0 Å². The number of nitro groups is 2. The number of rotatable bonds is 12. The van der Waals surface area contributed by atoms with Crippen LogP contribution in [0.4, 0.5) is 0 Å². The topological polar surface area (TPSA) is 197 Å². The number of ether oxygens (including phenoxy) is 2. The molecule has 0 spiro atoms. The van der Waals surface area contributed by atoms with E-state index in [0.717, 1.165) is 0 Å². The summed E-state index contributed by atoms with van der Waals surface area (Å²) in [6.07, 6.45) is 0. The van der Waals surface area contributed by atoms with Gasteiger partial charge in [0, 0.05) is 22.9 Å². The number of amides is 2. The van der Waals surface area contributed by atoms with Gasteiger partial charge in [-0.2, -0.15) is 0 Å². The Balaban J connectivity index is 2.75. The summed E-state index contributed by atoms with van der Waals surface area (Å²) < 4.78 is 9.04. The van der Waals surface area contributed by atoms with Crippen LogP contribution in [0.15, 0.2) is 24.3 Å². The lowest BCUT2D eigenvalue weighted by Gasteiger charge is -2.11. The maximum atomic E-state index is 12.0. The predicted molar refractivity (Wildman–Crippen MR) is 105 cm³/mol. The standard InChI is InChI=1S/C18H22N4O10/c1-3-31-17(25)13(21(27)28)15(23)19-9-11-6-5-7-12(8-11)10-20-16(24)14(22(29)30)18(26)32-4-2/h5-8,13-14H,3-4,9-10H2,1-2H3,(H,19,23)(H,20,24). The Morgan fingerprint density at radius 3 is 1.53 bits per heavy atom. The molecule has 0 saturated heterocycles. The summed E-state index contributed by atoms with van der Waals surface area (Å²) in [5, 5.41) is 26.5. The largest absolute Gasteiger partial charge is 0.460 e. The normalized spacial score (nSPS) is 12.1. The maximum absolute atomic E-state index is 12.0. The summed E-state index contributed by atoms with van der Waals surface area (Å²) in [6, 6.07) is 1.78. The highest BCUT2D eigenvalue weighted by molar-refractivity contribution is 6.01. The number of nitrogens with zero attached hydrogens (tertiary/aromatic N) is 2. The zero-order chi connectivity index (χ0) is 24.3. The van der Waals surface area contributed by atoms with E-state index in [-0.39, 0.29) is 26.3 Å². The van der Waals surface area contributed by atoms with Gasteiger partial charge in [-0.1, -0.05) is 24.3 Å². The minimum Gasteiger partial charge on any atom is -0.460 e. The number of hydrogen-bond donors (Lipinski definition) is 2. The molecule has 2 unspecified atom stereocenters. The van der Waals surface area contributed by atoms with Gasteiger partial charge in [0.15, 0.2) is 0 Å². The Hall–Kier alpha value is -4.10. The average molecular weight is 454 g/mol. The van der Waals surface area contributed by atoms with Crippen LogP contribution in [0, 0.1) is 20.2 Å². The molecule has 1 aromatic carbocycles. The van der Waals surface area contributed by atoms with Crippen molar-refractivity contribution in [3.05, 3.63) is 55.6 Å². The van der Waals surface area contributed by atoms with Crippen molar-refractivity contribution in [1.82, 2.24) is 10.6 Å². The first kappa shape index (κ1) is 25.9. The Bertz CT molecular complexity index is 821. The molecule has 174 valence electrons. The van der Waals surface area contributed by atoms with E-state index in [1.807, 2.05) is 0 Å². The number of carbonyl (C=O) groups is 4. The summed E-state index contributed by atoms with van der Waals surface area (Å²) >= 11 is 0. The van der Waals surface area contributed by atoms with Gasteiger partial charge in [0.25, 0.3) is 0 Å². The first-order valence-electron chi connectivity index (χ1n) is 9.35. The van der Waals surface area contributed by atoms with Crippen molar-refractivity contribution in [1.29, 1.82) is 0 Å². The molecule has 1 rings (SSSR count). The molecular formula is C18H22N4O10. The molecule has 2 amide bonds.